The van der Waals surface area contributed by atoms with Gasteiger partial charge in [-0.1, -0.05) is 35.9 Å². The predicted molar refractivity (Wildman–Crippen MR) is 88.7 cm³/mol. The van der Waals surface area contributed by atoms with Crippen molar-refractivity contribution in [3.63, 3.8) is 0 Å². The van der Waals surface area contributed by atoms with E-state index in [0.717, 1.165) is 22.3 Å². The first-order valence-electron chi connectivity index (χ1n) is 7.20. The van der Waals surface area contributed by atoms with Crippen molar-refractivity contribution >= 4 is 11.0 Å². The quantitative estimate of drug-likeness (QED) is 0.703. The van der Waals surface area contributed by atoms with Crippen molar-refractivity contribution < 1.29 is 9.15 Å². The molecule has 0 aliphatic carbocycles. The highest BCUT2D eigenvalue weighted by Crippen LogP contribution is 2.32. The van der Waals surface area contributed by atoms with Gasteiger partial charge in [0.1, 0.15) is 5.58 Å². The molecule has 2 aromatic carbocycles. The number of methoxy groups -OCH3 is 1. The third kappa shape index (κ3) is 2.29. The second-order valence-electron chi connectivity index (χ2n) is 5.61. The number of fused-ring (bicyclic) bond motifs is 1. The number of rotatable bonds is 2. The fourth-order valence-electron chi connectivity index (χ4n) is 2.75. The smallest absolute Gasteiger partial charge is 0.235 e. The first-order valence-corrected chi connectivity index (χ1v) is 7.20. The zero-order valence-electron chi connectivity index (χ0n) is 13.2. The van der Waals surface area contributed by atoms with E-state index in [1.165, 1.54) is 7.11 Å². The Hall–Kier alpha value is -2.55. The van der Waals surface area contributed by atoms with Gasteiger partial charge in [0.05, 0.1) is 12.5 Å². The van der Waals surface area contributed by atoms with Gasteiger partial charge in [-0.15, -0.1) is 0 Å². The average molecular weight is 294 g/mol. The standard InChI is InChI=1S/C19H18O3/c1-11-5-7-14(8-6-11)18-19(21-4)17(20)16-13(3)9-12(2)10-15(16)22-18/h5-10H,1-4H3. The molecule has 0 radical (unpaired) electrons. The van der Waals surface area contributed by atoms with Gasteiger partial charge in [-0.25, -0.2) is 0 Å². The van der Waals surface area contributed by atoms with Crippen LogP contribution >= 0.6 is 0 Å². The lowest BCUT2D eigenvalue weighted by atomic mass is 10.0. The second-order valence-corrected chi connectivity index (χ2v) is 5.61. The summed E-state index contributed by atoms with van der Waals surface area (Å²) in [4.78, 5) is 12.8. The molecule has 0 aliphatic heterocycles. The van der Waals surface area contributed by atoms with Gasteiger partial charge < -0.3 is 9.15 Å². The van der Waals surface area contributed by atoms with E-state index < -0.39 is 0 Å². The minimum Gasteiger partial charge on any atom is -0.490 e. The number of aryl methyl sites for hydroxylation is 3. The molecule has 0 unspecified atom stereocenters. The molecular weight excluding hydrogens is 276 g/mol. The summed E-state index contributed by atoms with van der Waals surface area (Å²) in [6, 6.07) is 11.7. The molecule has 3 aromatic rings. The van der Waals surface area contributed by atoms with E-state index in [0.29, 0.717) is 16.7 Å². The number of ether oxygens (including phenoxy) is 1. The molecule has 0 N–H and O–H groups in total. The third-order valence-electron chi connectivity index (χ3n) is 3.81. The highest BCUT2D eigenvalue weighted by Gasteiger charge is 2.18. The fraction of sp³-hybridized carbons (Fsp3) is 0.211. The molecule has 22 heavy (non-hydrogen) atoms. The zero-order chi connectivity index (χ0) is 15.9. The van der Waals surface area contributed by atoms with Crippen molar-refractivity contribution in [1.82, 2.24) is 0 Å². The van der Waals surface area contributed by atoms with Gasteiger partial charge in [-0.05, 0) is 38.0 Å². The Morgan fingerprint density at radius 1 is 0.955 bits per heavy atom. The van der Waals surface area contributed by atoms with E-state index in [1.54, 1.807) is 0 Å². The monoisotopic (exact) mass is 294 g/mol. The molecule has 0 bridgehead atoms. The van der Waals surface area contributed by atoms with Crippen LogP contribution in [-0.4, -0.2) is 7.11 Å². The van der Waals surface area contributed by atoms with Crippen LogP contribution in [0.4, 0.5) is 0 Å². The summed E-state index contributed by atoms with van der Waals surface area (Å²) in [5, 5.41) is 0.582. The fourth-order valence-corrected chi connectivity index (χ4v) is 2.75. The number of benzene rings is 2. The maximum atomic E-state index is 12.8. The van der Waals surface area contributed by atoms with Crippen LogP contribution in [0.5, 0.6) is 5.75 Å². The summed E-state index contributed by atoms with van der Waals surface area (Å²) >= 11 is 0. The Bertz CT molecular complexity index is 903. The normalized spacial score (nSPS) is 10.9. The first kappa shape index (κ1) is 14.4. The summed E-state index contributed by atoms with van der Waals surface area (Å²) in [7, 11) is 1.50. The Balaban J connectivity index is 2.40. The largest absolute Gasteiger partial charge is 0.490 e. The highest BCUT2D eigenvalue weighted by atomic mass is 16.5. The van der Waals surface area contributed by atoms with Crippen molar-refractivity contribution in [2.45, 2.75) is 20.8 Å². The lowest BCUT2D eigenvalue weighted by molar-refractivity contribution is 0.398. The molecular formula is C19H18O3. The number of hydrogen-bond donors (Lipinski definition) is 0. The summed E-state index contributed by atoms with van der Waals surface area (Å²) in [5.41, 5.74) is 4.42. The summed E-state index contributed by atoms with van der Waals surface area (Å²) in [5.74, 6) is 0.730. The molecule has 3 nitrogen and oxygen atoms in total. The van der Waals surface area contributed by atoms with Crippen molar-refractivity contribution in [2.75, 3.05) is 7.11 Å². The van der Waals surface area contributed by atoms with Crippen LogP contribution in [0.3, 0.4) is 0 Å². The van der Waals surface area contributed by atoms with Gasteiger partial charge >= 0.3 is 0 Å². The molecule has 0 amide bonds. The van der Waals surface area contributed by atoms with E-state index >= 15 is 0 Å². The predicted octanol–water partition coefficient (Wildman–Crippen LogP) is 4.39. The van der Waals surface area contributed by atoms with Gasteiger partial charge in [-0.2, -0.15) is 0 Å². The Morgan fingerprint density at radius 2 is 1.64 bits per heavy atom. The lowest BCUT2D eigenvalue weighted by Gasteiger charge is -2.11. The van der Waals surface area contributed by atoms with Gasteiger partial charge in [0.15, 0.2) is 5.76 Å². The van der Waals surface area contributed by atoms with Crippen molar-refractivity contribution in [3.05, 3.63) is 63.3 Å². The Morgan fingerprint density at radius 3 is 2.27 bits per heavy atom. The van der Waals surface area contributed by atoms with E-state index in [2.05, 4.69) is 0 Å². The van der Waals surface area contributed by atoms with Crippen LogP contribution in [0.1, 0.15) is 16.7 Å². The van der Waals surface area contributed by atoms with Gasteiger partial charge in [-0.3, -0.25) is 4.79 Å². The molecule has 0 saturated heterocycles. The van der Waals surface area contributed by atoms with E-state index in [-0.39, 0.29) is 11.2 Å². The van der Waals surface area contributed by atoms with Crippen LogP contribution in [0.15, 0.2) is 45.6 Å². The minimum atomic E-state index is -0.128. The average Bonchev–Trinajstić information content (AvgIpc) is 2.47. The molecule has 112 valence electrons. The first-order chi connectivity index (χ1) is 10.5. The van der Waals surface area contributed by atoms with Gasteiger partial charge in [0, 0.05) is 5.56 Å². The van der Waals surface area contributed by atoms with Gasteiger partial charge in [0.25, 0.3) is 0 Å². The van der Waals surface area contributed by atoms with Crippen LogP contribution in [0, 0.1) is 20.8 Å². The third-order valence-corrected chi connectivity index (χ3v) is 3.81. The lowest BCUT2D eigenvalue weighted by Crippen LogP contribution is -2.09. The molecule has 1 aromatic heterocycles. The molecule has 3 rings (SSSR count). The molecule has 0 fully saturated rings. The topological polar surface area (TPSA) is 39.4 Å². The van der Waals surface area contributed by atoms with Crippen LogP contribution in [-0.2, 0) is 0 Å². The molecule has 3 heteroatoms. The van der Waals surface area contributed by atoms with Crippen LogP contribution in [0.2, 0.25) is 0 Å². The Labute approximate surface area is 129 Å². The van der Waals surface area contributed by atoms with Crippen LogP contribution in [0.25, 0.3) is 22.3 Å². The zero-order valence-corrected chi connectivity index (χ0v) is 13.2. The Kier molecular flexibility index (Phi) is 3.49. The second kappa shape index (κ2) is 5.34. The van der Waals surface area contributed by atoms with Crippen molar-refractivity contribution in [3.8, 4) is 17.1 Å². The highest BCUT2D eigenvalue weighted by molar-refractivity contribution is 5.85. The number of hydrogen-bond acceptors (Lipinski definition) is 3. The van der Waals surface area contributed by atoms with E-state index in [9.17, 15) is 4.79 Å². The molecule has 0 atom stereocenters. The van der Waals surface area contributed by atoms with Gasteiger partial charge in [0.2, 0.25) is 11.2 Å². The summed E-state index contributed by atoms with van der Waals surface area (Å²) < 4.78 is 11.4. The summed E-state index contributed by atoms with van der Waals surface area (Å²) in [6.07, 6.45) is 0. The molecule has 0 saturated carbocycles. The SMILES string of the molecule is COc1c(-c2ccc(C)cc2)oc2cc(C)cc(C)c2c1=O. The van der Waals surface area contributed by atoms with Crippen LogP contribution < -0.4 is 10.2 Å². The van der Waals surface area contributed by atoms with Crippen molar-refractivity contribution in [2.24, 2.45) is 0 Å². The molecule has 1 heterocycles. The maximum absolute atomic E-state index is 12.8. The summed E-state index contributed by atoms with van der Waals surface area (Å²) in [6.45, 7) is 5.92. The van der Waals surface area contributed by atoms with E-state index in [4.69, 9.17) is 9.15 Å². The minimum absolute atomic E-state index is 0.128. The molecule has 0 aliphatic rings. The van der Waals surface area contributed by atoms with E-state index in [1.807, 2.05) is 57.2 Å². The molecule has 0 spiro atoms. The maximum Gasteiger partial charge on any atom is 0.235 e. The van der Waals surface area contributed by atoms with Crippen molar-refractivity contribution in [1.29, 1.82) is 0 Å².